The lowest BCUT2D eigenvalue weighted by atomic mass is 10.2. The second-order valence-electron chi connectivity index (χ2n) is 6.55. The number of carbonyl (C=O) groups is 3. The molecule has 0 aliphatic carbocycles. The summed E-state index contributed by atoms with van der Waals surface area (Å²) in [6.07, 6.45) is 1.52. The Morgan fingerprint density at radius 2 is 1.90 bits per heavy atom. The van der Waals surface area contributed by atoms with Crippen LogP contribution in [0.3, 0.4) is 0 Å². The van der Waals surface area contributed by atoms with Crippen LogP contribution in [0, 0.1) is 6.92 Å². The van der Waals surface area contributed by atoms with Gasteiger partial charge in [0, 0.05) is 0 Å². The van der Waals surface area contributed by atoms with Crippen molar-refractivity contribution >= 4 is 45.7 Å². The Kier molecular flexibility index (Phi) is 6.91. The SMILES string of the molecule is Cc1cc(NC(=O)c2ccccc2Cl)sc1C(=O)NC(C)C(=O)NCc1ccco1. The summed E-state index contributed by atoms with van der Waals surface area (Å²) in [6, 6.07) is 11.2. The lowest BCUT2D eigenvalue weighted by Gasteiger charge is -2.13. The molecule has 3 N–H and O–H groups in total. The molecule has 30 heavy (non-hydrogen) atoms. The molecule has 1 aromatic carbocycles. The zero-order valence-corrected chi connectivity index (χ0v) is 17.9. The number of thiophene rings is 1. The van der Waals surface area contributed by atoms with E-state index in [1.165, 1.54) is 6.26 Å². The normalized spacial score (nSPS) is 11.6. The summed E-state index contributed by atoms with van der Waals surface area (Å²) < 4.78 is 5.16. The highest BCUT2D eigenvalue weighted by atomic mass is 35.5. The van der Waals surface area contributed by atoms with Gasteiger partial charge in [-0.3, -0.25) is 14.4 Å². The molecule has 0 aliphatic heterocycles. The van der Waals surface area contributed by atoms with Crippen molar-refractivity contribution in [3.05, 3.63) is 75.5 Å². The maximum absolute atomic E-state index is 12.6. The van der Waals surface area contributed by atoms with Crippen molar-refractivity contribution in [1.29, 1.82) is 0 Å². The van der Waals surface area contributed by atoms with Crippen molar-refractivity contribution in [3.8, 4) is 0 Å². The third-order valence-corrected chi connectivity index (χ3v) is 5.72. The van der Waals surface area contributed by atoms with E-state index in [1.54, 1.807) is 56.3 Å². The van der Waals surface area contributed by atoms with Crippen LogP contribution in [0.1, 0.15) is 38.3 Å². The molecule has 0 bridgehead atoms. The van der Waals surface area contributed by atoms with Crippen LogP contribution in [-0.2, 0) is 11.3 Å². The van der Waals surface area contributed by atoms with E-state index in [0.29, 0.717) is 31.8 Å². The van der Waals surface area contributed by atoms with Gasteiger partial charge in [-0.1, -0.05) is 23.7 Å². The molecule has 0 fully saturated rings. The molecule has 3 rings (SSSR count). The molecule has 0 radical (unpaired) electrons. The Morgan fingerprint density at radius 3 is 2.60 bits per heavy atom. The Morgan fingerprint density at radius 1 is 1.13 bits per heavy atom. The number of benzene rings is 1. The van der Waals surface area contributed by atoms with Crippen molar-refractivity contribution in [1.82, 2.24) is 10.6 Å². The quantitative estimate of drug-likeness (QED) is 0.511. The summed E-state index contributed by atoms with van der Waals surface area (Å²) in [7, 11) is 0. The Bertz CT molecular complexity index is 1060. The molecular weight excluding hydrogens is 426 g/mol. The first kappa shape index (κ1) is 21.6. The van der Waals surface area contributed by atoms with Crippen LogP contribution in [0.5, 0.6) is 0 Å². The average Bonchev–Trinajstić information content (AvgIpc) is 3.35. The first-order valence-electron chi connectivity index (χ1n) is 9.12. The Hall–Kier alpha value is -3.10. The molecule has 7 nitrogen and oxygen atoms in total. The van der Waals surface area contributed by atoms with Crippen LogP contribution in [-0.4, -0.2) is 23.8 Å². The van der Waals surface area contributed by atoms with Gasteiger partial charge in [-0.05, 0) is 49.7 Å². The highest BCUT2D eigenvalue weighted by molar-refractivity contribution is 7.18. The molecule has 2 aromatic heterocycles. The predicted octanol–water partition coefficient (Wildman–Crippen LogP) is 3.99. The largest absolute Gasteiger partial charge is 0.467 e. The molecule has 0 aliphatic rings. The van der Waals surface area contributed by atoms with Crippen molar-refractivity contribution in [2.75, 3.05) is 5.32 Å². The maximum atomic E-state index is 12.6. The van der Waals surface area contributed by atoms with E-state index in [-0.39, 0.29) is 18.4 Å². The summed E-state index contributed by atoms with van der Waals surface area (Å²) in [5.41, 5.74) is 1.04. The number of amides is 3. The van der Waals surface area contributed by atoms with Crippen LogP contribution >= 0.6 is 22.9 Å². The molecule has 1 unspecified atom stereocenters. The lowest BCUT2D eigenvalue weighted by molar-refractivity contribution is -0.122. The van der Waals surface area contributed by atoms with Crippen LogP contribution in [0.4, 0.5) is 5.00 Å². The van der Waals surface area contributed by atoms with Gasteiger partial charge in [0.1, 0.15) is 11.8 Å². The average molecular weight is 446 g/mol. The Labute approximate surface area is 182 Å². The van der Waals surface area contributed by atoms with Gasteiger partial charge in [0.25, 0.3) is 11.8 Å². The van der Waals surface area contributed by atoms with Crippen LogP contribution in [0.25, 0.3) is 0 Å². The summed E-state index contributed by atoms with van der Waals surface area (Å²) >= 11 is 7.18. The molecule has 0 saturated carbocycles. The number of hydrogen-bond acceptors (Lipinski definition) is 5. The third kappa shape index (κ3) is 5.28. The minimum Gasteiger partial charge on any atom is -0.467 e. The van der Waals surface area contributed by atoms with E-state index in [9.17, 15) is 14.4 Å². The number of rotatable bonds is 7. The minimum atomic E-state index is -0.741. The molecule has 0 saturated heterocycles. The number of halogens is 1. The number of anilines is 1. The molecule has 0 spiro atoms. The smallest absolute Gasteiger partial charge is 0.262 e. The minimum absolute atomic E-state index is 0.238. The molecule has 9 heteroatoms. The van der Waals surface area contributed by atoms with Gasteiger partial charge in [-0.15, -0.1) is 11.3 Å². The predicted molar refractivity (Wildman–Crippen MR) is 116 cm³/mol. The van der Waals surface area contributed by atoms with Gasteiger partial charge in [0.2, 0.25) is 5.91 Å². The second kappa shape index (κ2) is 9.60. The Balaban J connectivity index is 1.59. The molecule has 156 valence electrons. The molecule has 3 amide bonds. The second-order valence-corrected chi connectivity index (χ2v) is 8.01. The van der Waals surface area contributed by atoms with E-state index >= 15 is 0 Å². The molecule has 2 heterocycles. The number of furan rings is 1. The lowest BCUT2D eigenvalue weighted by Crippen LogP contribution is -2.44. The van der Waals surface area contributed by atoms with Crippen molar-refractivity contribution < 1.29 is 18.8 Å². The monoisotopic (exact) mass is 445 g/mol. The van der Waals surface area contributed by atoms with Crippen LogP contribution in [0.15, 0.2) is 53.1 Å². The van der Waals surface area contributed by atoms with E-state index in [4.69, 9.17) is 16.0 Å². The van der Waals surface area contributed by atoms with Gasteiger partial charge in [0.05, 0.1) is 33.3 Å². The van der Waals surface area contributed by atoms with Gasteiger partial charge in [-0.2, -0.15) is 0 Å². The summed E-state index contributed by atoms with van der Waals surface area (Å²) in [4.78, 5) is 37.6. The number of aryl methyl sites for hydroxylation is 1. The molecular formula is C21H20ClN3O4S. The summed E-state index contributed by atoms with van der Waals surface area (Å²) in [6.45, 7) is 3.60. The topological polar surface area (TPSA) is 100 Å². The number of carbonyl (C=O) groups excluding carboxylic acids is 3. The standard InChI is InChI=1S/C21H20ClN3O4S/c1-12-10-17(25-20(27)15-7-3-4-8-16(15)22)30-18(12)21(28)24-13(2)19(26)23-11-14-6-5-9-29-14/h3-10,13H,11H2,1-2H3,(H,23,26)(H,24,28)(H,25,27). The van der Waals surface area contributed by atoms with E-state index in [1.807, 2.05) is 0 Å². The fourth-order valence-corrected chi connectivity index (χ4v) is 3.85. The molecule has 1 atom stereocenters. The first-order valence-corrected chi connectivity index (χ1v) is 10.3. The highest BCUT2D eigenvalue weighted by Crippen LogP contribution is 2.28. The van der Waals surface area contributed by atoms with Crippen LogP contribution in [0.2, 0.25) is 5.02 Å². The zero-order chi connectivity index (χ0) is 21.7. The van der Waals surface area contributed by atoms with Crippen molar-refractivity contribution in [2.45, 2.75) is 26.4 Å². The fraction of sp³-hybridized carbons (Fsp3) is 0.190. The van der Waals surface area contributed by atoms with Gasteiger partial charge >= 0.3 is 0 Å². The van der Waals surface area contributed by atoms with Gasteiger partial charge in [0.15, 0.2) is 0 Å². The first-order chi connectivity index (χ1) is 14.3. The van der Waals surface area contributed by atoms with E-state index in [2.05, 4.69) is 16.0 Å². The van der Waals surface area contributed by atoms with E-state index in [0.717, 1.165) is 11.3 Å². The number of hydrogen-bond donors (Lipinski definition) is 3. The highest BCUT2D eigenvalue weighted by Gasteiger charge is 2.21. The zero-order valence-electron chi connectivity index (χ0n) is 16.3. The maximum Gasteiger partial charge on any atom is 0.262 e. The van der Waals surface area contributed by atoms with Crippen molar-refractivity contribution in [3.63, 3.8) is 0 Å². The van der Waals surface area contributed by atoms with Crippen molar-refractivity contribution in [2.24, 2.45) is 0 Å². The summed E-state index contributed by atoms with van der Waals surface area (Å²) in [5.74, 6) is -0.466. The van der Waals surface area contributed by atoms with Gasteiger partial charge < -0.3 is 20.4 Å². The van der Waals surface area contributed by atoms with Crippen LogP contribution < -0.4 is 16.0 Å². The fourth-order valence-electron chi connectivity index (χ4n) is 2.66. The van der Waals surface area contributed by atoms with Gasteiger partial charge in [-0.25, -0.2) is 0 Å². The molecule has 3 aromatic rings. The third-order valence-electron chi connectivity index (χ3n) is 4.24. The van der Waals surface area contributed by atoms with E-state index < -0.39 is 11.9 Å². The number of nitrogens with one attached hydrogen (secondary N) is 3. The summed E-state index contributed by atoms with van der Waals surface area (Å²) in [5, 5.41) is 8.97.